The van der Waals surface area contributed by atoms with Gasteiger partial charge in [0, 0.05) is 12.8 Å². The molecule has 0 aliphatic carbocycles. The van der Waals surface area contributed by atoms with Crippen LogP contribution in [0.2, 0.25) is 0 Å². The monoisotopic (exact) mass is 693 g/mol. The number of carbonyl (C=O) groups excluding carboxylic acids is 2. The van der Waals surface area contributed by atoms with E-state index in [0.29, 0.717) is 11.0 Å². The van der Waals surface area contributed by atoms with Crippen molar-refractivity contribution in [3.8, 4) is 0 Å². The molecule has 1 N–H and O–H groups in total. The average Bonchev–Trinajstić information content (AvgIpc) is 3.01. The van der Waals surface area contributed by atoms with Crippen LogP contribution in [0.25, 0.3) is 0 Å². The van der Waals surface area contributed by atoms with E-state index in [4.69, 9.17) is 18.5 Å². The number of nitrogens with zero attached hydrogens (tertiary/aromatic N) is 1. The summed E-state index contributed by atoms with van der Waals surface area (Å²) in [6.45, 7) is 4.34. The second-order valence-corrected chi connectivity index (χ2v) is 15.8. The molecule has 0 aromatic heterocycles. The van der Waals surface area contributed by atoms with Crippen molar-refractivity contribution in [1.82, 2.24) is 0 Å². The molecule has 0 aliphatic rings. The lowest BCUT2D eigenvalue weighted by atomic mass is 10.0. The topological polar surface area (TPSA) is 108 Å². The Balaban J connectivity index is 4.20. The lowest BCUT2D eigenvalue weighted by Crippen LogP contribution is -2.37. The minimum Gasteiger partial charge on any atom is -0.462 e. The Labute approximate surface area is 289 Å². The maximum atomic E-state index is 12.6. The highest BCUT2D eigenvalue weighted by Crippen LogP contribution is 2.43. The number of hydrogen-bond donors (Lipinski definition) is 1. The minimum atomic E-state index is -4.35. The Hall–Kier alpha value is -0.990. The number of phosphoric acid groups is 1. The molecule has 2 atom stereocenters. The number of likely N-dealkylation sites (N-methyl/N-ethyl adjacent to an activating group) is 1. The van der Waals surface area contributed by atoms with Crippen LogP contribution in [0.15, 0.2) is 0 Å². The highest BCUT2D eigenvalue weighted by Gasteiger charge is 2.27. The van der Waals surface area contributed by atoms with Gasteiger partial charge < -0.3 is 18.9 Å². The third-order valence-electron chi connectivity index (χ3n) is 8.39. The van der Waals surface area contributed by atoms with Gasteiger partial charge >= 0.3 is 19.8 Å². The van der Waals surface area contributed by atoms with E-state index in [1.807, 2.05) is 21.1 Å². The molecule has 0 spiro atoms. The number of unbranched alkanes of at least 4 members (excludes halogenated alkanes) is 21. The van der Waals surface area contributed by atoms with Crippen LogP contribution >= 0.6 is 7.82 Å². The Kier molecular flexibility index (Phi) is 30.4. The molecule has 0 rings (SSSR count). The third-order valence-corrected chi connectivity index (χ3v) is 9.37. The van der Waals surface area contributed by atoms with Crippen LogP contribution in [0.3, 0.4) is 0 Å². The first-order valence-electron chi connectivity index (χ1n) is 19.3. The summed E-state index contributed by atoms with van der Waals surface area (Å²) in [6.07, 6.45) is 27.6. The zero-order valence-electron chi connectivity index (χ0n) is 31.3. The number of carbonyl (C=O) groups is 2. The molecule has 0 fully saturated rings. The van der Waals surface area contributed by atoms with E-state index in [9.17, 15) is 19.0 Å². The number of quaternary nitrogens is 1. The van der Waals surface area contributed by atoms with Gasteiger partial charge in [-0.3, -0.25) is 18.6 Å². The molecular weight excluding hydrogens is 617 g/mol. The van der Waals surface area contributed by atoms with Gasteiger partial charge in [0.15, 0.2) is 6.10 Å². The van der Waals surface area contributed by atoms with Crippen molar-refractivity contribution >= 4 is 19.8 Å². The lowest BCUT2D eigenvalue weighted by molar-refractivity contribution is -0.870. The second kappa shape index (κ2) is 31.0. The van der Waals surface area contributed by atoms with Crippen LogP contribution in [0.5, 0.6) is 0 Å². The molecule has 0 bridgehead atoms. The summed E-state index contributed by atoms with van der Waals surface area (Å²) in [5.74, 6) is -0.804. The van der Waals surface area contributed by atoms with Crippen molar-refractivity contribution in [3.05, 3.63) is 0 Å². The molecule has 10 heteroatoms. The van der Waals surface area contributed by atoms with E-state index in [0.717, 1.165) is 51.4 Å². The lowest BCUT2D eigenvalue weighted by Gasteiger charge is -2.24. The Morgan fingerprint density at radius 1 is 0.574 bits per heavy atom. The standard InChI is InChI=1S/C37H74NO8P/c1-6-8-10-12-13-14-15-16-17-18-19-20-21-22-23-24-26-28-30-37(40)46-35(33-43-36(39)29-27-25-11-9-7-2)34-45-47(41,42)44-32-31-38(3,4)5/h35H,6-34H2,1-5H3/p+1/t35-/m1/s1. The number of esters is 2. The summed E-state index contributed by atoms with van der Waals surface area (Å²) in [6, 6.07) is 0. The van der Waals surface area contributed by atoms with Gasteiger partial charge in [-0.05, 0) is 12.8 Å². The molecule has 0 heterocycles. The number of phosphoric ester groups is 1. The fourth-order valence-electron chi connectivity index (χ4n) is 5.31. The zero-order chi connectivity index (χ0) is 35.1. The maximum Gasteiger partial charge on any atom is 0.472 e. The van der Waals surface area contributed by atoms with Gasteiger partial charge in [0.2, 0.25) is 0 Å². The van der Waals surface area contributed by atoms with Crippen LogP contribution in [0.4, 0.5) is 0 Å². The number of ether oxygens (including phenoxy) is 2. The normalized spacial score (nSPS) is 13.7. The van der Waals surface area contributed by atoms with Gasteiger partial charge in [-0.15, -0.1) is 0 Å². The zero-order valence-corrected chi connectivity index (χ0v) is 32.2. The molecule has 47 heavy (non-hydrogen) atoms. The van der Waals surface area contributed by atoms with Gasteiger partial charge in [0.25, 0.3) is 0 Å². The first kappa shape index (κ1) is 46.0. The van der Waals surface area contributed by atoms with Crippen LogP contribution < -0.4 is 0 Å². The summed E-state index contributed by atoms with van der Waals surface area (Å²) < 4.78 is 34.0. The summed E-state index contributed by atoms with van der Waals surface area (Å²) in [5.41, 5.74) is 0. The van der Waals surface area contributed by atoms with Gasteiger partial charge in [0.1, 0.15) is 19.8 Å². The Morgan fingerprint density at radius 2 is 0.957 bits per heavy atom. The van der Waals surface area contributed by atoms with E-state index in [-0.39, 0.29) is 32.0 Å². The summed E-state index contributed by atoms with van der Waals surface area (Å²) in [5, 5.41) is 0. The largest absolute Gasteiger partial charge is 0.472 e. The van der Waals surface area contributed by atoms with E-state index in [1.165, 1.54) is 96.3 Å². The maximum absolute atomic E-state index is 12.6. The second-order valence-electron chi connectivity index (χ2n) is 14.3. The molecule has 0 aromatic carbocycles. The first-order chi connectivity index (χ1) is 22.5. The smallest absolute Gasteiger partial charge is 0.462 e. The van der Waals surface area contributed by atoms with Crippen molar-refractivity contribution in [1.29, 1.82) is 0 Å². The van der Waals surface area contributed by atoms with Crippen molar-refractivity contribution in [2.45, 2.75) is 180 Å². The molecule has 0 saturated heterocycles. The summed E-state index contributed by atoms with van der Waals surface area (Å²) in [7, 11) is 1.49. The quantitative estimate of drug-likeness (QED) is 0.0303. The van der Waals surface area contributed by atoms with E-state index in [1.54, 1.807) is 0 Å². The SMILES string of the molecule is CCCCCCCCCCCCCCCCCCCCC(=O)O[C@H](COC(=O)CCCCCCC)COP(=O)(O)OCC[N+](C)(C)C. The average molecular weight is 693 g/mol. The highest BCUT2D eigenvalue weighted by molar-refractivity contribution is 7.47. The molecule has 0 aliphatic heterocycles. The van der Waals surface area contributed by atoms with Crippen LogP contribution in [-0.2, 0) is 32.7 Å². The van der Waals surface area contributed by atoms with E-state index in [2.05, 4.69) is 13.8 Å². The first-order valence-corrected chi connectivity index (χ1v) is 20.8. The van der Waals surface area contributed by atoms with Gasteiger partial charge in [-0.2, -0.15) is 0 Å². The molecule has 0 aromatic rings. The van der Waals surface area contributed by atoms with Crippen LogP contribution in [0, 0.1) is 0 Å². The van der Waals surface area contributed by atoms with Crippen LogP contribution in [0.1, 0.15) is 174 Å². The predicted molar refractivity (Wildman–Crippen MR) is 192 cm³/mol. The van der Waals surface area contributed by atoms with Crippen molar-refractivity contribution in [2.24, 2.45) is 0 Å². The molecule has 9 nitrogen and oxygen atoms in total. The summed E-state index contributed by atoms with van der Waals surface area (Å²) in [4.78, 5) is 34.9. The van der Waals surface area contributed by atoms with Crippen molar-refractivity contribution in [3.63, 3.8) is 0 Å². The van der Waals surface area contributed by atoms with Gasteiger partial charge in [0.05, 0.1) is 27.7 Å². The number of rotatable bonds is 35. The molecule has 1 unspecified atom stereocenters. The fraction of sp³-hybridized carbons (Fsp3) is 0.946. The molecule has 0 saturated carbocycles. The van der Waals surface area contributed by atoms with E-state index >= 15 is 0 Å². The summed E-state index contributed by atoms with van der Waals surface area (Å²) >= 11 is 0. The Bertz CT molecular complexity index is 789. The van der Waals surface area contributed by atoms with Crippen molar-refractivity contribution in [2.75, 3.05) is 47.5 Å². The fourth-order valence-corrected chi connectivity index (χ4v) is 6.05. The van der Waals surface area contributed by atoms with E-state index < -0.39 is 26.5 Å². The Morgan fingerprint density at radius 3 is 1.36 bits per heavy atom. The molecular formula is C37H75NO8P+. The third kappa shape index (κ3) is 34.7. The molecule has 0 amide bonds. The predicted octanol–water partition coefficient (Wildman–Crippen LogP) is 10.1. The number of hydrogen-bond acceptors (Lipinski definition) is 7. The highest BCUT2D eigenvalue weighted by atomic mass is 31.2. The molecule has 280 valence electrons. The van der Waals surface area contributed by atoms with Gasteiger partial charge in [-0.1, -0.05) is 149 Å². The van der Waals surface area contributed by atoms with Gasteiger partial charge in [-0.25, -0.2) is 4.57 Å². The van der Waals surface area contributed by atoms with Crippen LogP contribution in [-0.4, -0.2) is 74.9 Å². The van der Waals surface area contributed by atoms with Crippen molar-refractivity contribution < 1.29 is 42.1 Å². The minimum absolute atomic E-state index is 0.0358. The molecule has 0 radical (unpaired) electrons.